The van der Waals surface area contributed by atoms with Gasteiger partial charge in [-0.1, -0.05) is 35.9 Å². The number of rotatable bonds is 3. The van der Waals surface area contributed by atoms with Crippen LogP contribution in [0.1, 0.15) is 11.1 Å². The second-order valence-electron chi connectivity index (χ2n) is 4.57. The first-order chi connectivity index (χ1) is 10.3. The second-order valence-corrected chi connectivity index (χ2v) is 4.98. The van der Waals surface area contributed by atoms with Gasteiger partial charge in [-0.2, -0.15) is 5.26 Å². The molecule has 0 bridgehead atoms. The van der Waals surface area contributed by atoms with E-state index in [1.807, 2.05) is 30.3 Å². The molecule has 0 fully saturated rings. The summed E-state index contributed by atoms with van der Waals surface area (Å²) < 4.78 is 5.72. The monoisotopic (exact) mass is 294 g/mol. The molecule has 3 aromatic rings. The van der Waals surface area contributed by atoms with Crippen LogP contribution in [0.2, 0.25) is 5.02 Å². The van der Waals surface area contributed by atoms with Gasteiger partial charge in [-0.15, -0.1) is 0 Å². The number of nitrogens with zero attached hydrogens (tertiary/aromatic N) is 2. The molecule has 4 heteroatoms. The molecule has 0 unspecified atom stereocenters. The van der Waals surface area contributed by atoms with Gasteiger partial charge >= 0.3 is 0 Å². The maximum Gasteiger partial charge on any atom is 0.138 e. The number of pyridine rings is 1. The molecule has 21 heavy (non-hydrogen) atoms. The van der Waals surface area contributed by atoms with E-state index in [9.17, 15) is 0 Å². The van der Waals surface area contributed by atoms with Crippen LogP contribution in [0.25, 0.3) is 10.9 Å². The Morgan fingerprint density at radius 2 is 2.00 bits per heavy atom. The molecule has 0 aliphatic carbocycles. The summed E-state index contributed by atoms with van der Waals surface area (Å²) in [5.41, 5.74) is 2.31. The molecular weight excluding hydrogens is 284 g/mol. The highest BCUT2D eigenvalue weighted by atomic mass is 35.5. The molecule has 0 amide bonds. The van der Waals surface area contributed by atoms with Gasteiger partial charge in [0.25, 0.3) is 0 Å². The third-order valence-electron chi connectivity index (χ3n) is 3.14. The highest BCUT2D eigenvalue weighted by molar-refractivity contribution is 6.31. The van der Waals surface area contributed by atoms with Gasteiger partial charge < -0.3 is 4.74 Å². The molecule has 0 saturated carbocycles. The average molecular weight is 295 g/mol. The van der Waals surface area contributed by atoms with Crippen LogP contribution in [0.4, 0.5) is 0 Å². The molecule has 2 aromatic carbocycles. The summed E-state index contributed by atoms with van der Waals surface area (Å²) in [4.78, 5) is 4.34. The Kier molecular flexibility index (Phi) is 3.72. The van der Waals surface area contributed by atoms with E-state index in [2.05, 4.69) is 11.1 Å². The number of ether oxygens (including phenoxy) is 1. The van der Waals surface area contributed by atoms with Crippen LogP contribution in [-0.4, -0.2) is 4.98 Å². The van der Waals surface area contributed by atoms with Gasteiger partial charge in [-0.3, -0.25) is 4.98 Å². The van der Waals surface area contributed by atoms with Crippen molar-refractivity contribution in [2.24, 2.45) is 0 Å². The lowest BCUT2D eigenvalue weighted by molar-refractivity contribution is 0.305. The Bertz CT molecular complexity index is 840. The molecule has 0 aliphatic rings. The summed E-state index contributed by atoms with van der Waals surface area (Å²) in [7, 11) is 0. The summed E-state index contributed by atoms with van der Waals surface area (Å²) in [5, 5.41) is 10.4. The van der Waals surface area contributed by atoms with Crippen LogP contribution in [0.15, 0.2) is 54.7 Å². The molecule has 1 heterocycles. The lowest BCUT2D eigenvalue weighted by Crippen LogP contribution is -1.97. The van der Waals surface area contributed by atoms with Crippen molar-refractivity contribution < 1.29 is 4.74 Å². The smallest absolute Gasteiger partial charge is 0.138 e. The molecular formula is C17H11ClN2O. The number of nitriles is 1. The number of halogens is 1. The zero-order valence-corrected chi connectivity index (χ0v) is 11.8. The van der Waals surface area contributed by atoms with E-state index in [4.69, 9.17) is 21.6 Å². The van der Waals surface area contributed by atoms with Crippen LogP contribution in [-0.2, 0) is 6.61 Å². The number of aromatic nitrogens is 1. The van der Waals surface area contributed by atoms with E-state index >= 15 is 0 Å². The van der Waals surface area contributed by atoms with E-state index in [1.54, 1.807) is 24.4 Å². The van der Waals surface area contributed by atoms with Crippen molar-refractivity contribution in [3.8, 4) is 11.8 Å². The van der Waals surface area contributed by atoms with Crippen molar-refractivity contribution in [2.75, 3.05) is 0 Å². The number of hydrogen-bond acceptors (Lipinski definition) is 3. The number of hydrogen-bond donors (Lipinski definition) is 0. The van der Waals surface area contributed by atoms with Gasteiger partial charge in [0.05, 0.1) is 23.3 Å². The van der Waals surface area contributed by atoms with Gasteiger partial charge in [-0.05, 0) is 24.3 Å². The normalized spacial score (nSPS) is 10.3. The molecule has 0 aliphatic heterocycles. The van der Waals surface area contributed by atoms with Crippen molar-refractivity contribution in [3.63, 3.8) is 0 Å². The zero-order chi connectivity index (χ0) is 14.7. The van der Waals surface area contributed by atoms with Crippen LogP contribution in [0, 0.1) is 11.3 Å². The molecule has 3 nitrogen and oxygen atoms in total. The van der Waals surface area contributed by atoms with Gasteiger partial charge in [-0.25, -0.2) is 0 Å². The Morgan fingerprint density at radius 3 is 2.81 bits per heavy atom. The second kappa shape index (κ2) is 5.82. The molecule has 0 saturated heterocycles. The van der Waals surface area contributed by atoms with E-state index in [0.717, 1.165) is 16.5 Å². The Hall–Kier alpha value is -2.57. The number of para-hydroxylation sites is 1. The maximum atomic E-state index is 8.81. The fourth-order valence-corrected chi connectivity index (χ4v) is 2.26. The largest absolute Gasteiger partial charge is 0.487 e. The van der Waals surface area contributed by atoms with Crippen molar-refractivity contribution in [3.05, 3.63) is 70.9 Å². The highest BCUT2D eigenvalue weighted by Crippen LogP contribution is 2.22. The van der Waals surface area contributed by atoms with E-state index in [-0.39, 0.29) is 0 Å². The van der Waals surface area contributed by atoms with Crippen molar-refractivity contribution in [2.45, 2.75) is 6.61 Å². The first-order valence-electron chi connectivity index (χ1n) is 6.42. The highest BCUT2D eigenvalue weighted by Gasteiger charge is 2.04. The Labute approximate surface area is 127 Å². The summed E-state index contributed by atoms with van der Waals surface area (Å²) in [6, 6.07) is 17.0. The standard InChI is InChI=1S/C17H11ClN2O/c18-16-7-12(9-19)5-6-14(16)11-21-15-8-13-3-1-2-4-17(13)20-10-15/h1-8,10H,11H2. The molecule has 0 radical (unpaired) electrons. The summed E-state index contributed by atoms with van der Waals surface area (Å²) >= 11 is 6.12. The van der Waals surface area contributed by atoms with Crippen LogP contribution in [0.5, 0.6) is 5.75 Å². The molecule has 3 rings (SSSR count). The first kappa shape index (κ1) is 13.4. The number of fused-ring (bicyclic) bond motifs is 1. The van der Waals surface area contributed by atoms with Gasteiger partial charge in [0.2, 0.25) is 0 Å². The summed E-state index contributed by atoms with van der Waals surface area (Å²) in [6.07, 6.45) is 1.69. The zero-order valence-electron chi connectivity index (χ0n) is 11.1. The van der Waals surface area contributed by atoms with Crippen molar-refractivity contribution in [1.82, 2.24) is 4.98 Å². The first-order valence-corrected chi connectivity index (χ1v) is 6.80. The lowest BCUT2D eigenvalue weighted by atomic mass is 10.1. The minimum Gasteiger partial charge on any atom is -0.487 e. The quantitative estimate of drug-likeness (QED) is 0.722. The Morgan fingerprint density at radius 1 is 1.14 bits per heavy atom. The SMILES string of the molecule is N#Cc1ccc(COc2cnc3ccccc3c2)c(Cl)c1. The van der Waals surface area contributed by atoms with Crippen LogP contribution < -0.4 is 4.74 Å². The molecule has 0 N–H and O–H groups in total. The minimum atomic E-state index is 0.338. The fraction of sp³-hybridized carbons (Fsp3) is 0.0588. The maximum absolute atomic E-state index is 8.81. The predicted octanol–water partition coefficient (Wildman–Crippen LogP) is 4.34. The third kappa shape index (κ3) is 2.96. The number of benzene rings is 2. The lowest BCUT2D eigenvalue weighted by Gasteiger charge is -2.08. The fourth-order valence-electron chi connectivity index (χ4n) is 2.02. The molecule has 1 aromatic heterocycles. The van der Waals surface area contributed by atoms with Gasteiger partial charge in [0.1, 0.15) is 12.4 Å². The van der Waals surface area contributed by atoms with E-state index < -0.39 is 0 Å². The van der Waals surface area contributed by atoms with Crippen LogP contribution >= 0.6 is 11.6 Å². The topological polar surface area (TPSA) is 45.9 Å². The van der Waals surface area contributed by atoms with E-state index in [1.165, 1.54) is 0 Å². The van der Waals surface area contributed by atoms with Crippen LogP contribution in [0.3, 0.4) is 0 Å². The summed E-state index contributed by atoms with van der Waals surface area (Å²) in [6.45, 7) is 0.338. The minimum absolute atomic E-state index is 0.338. The molecule has 102 valence electrons. The predicted molar refractivity (Wildman–Crippen MR) is 82.2 cm³/mol. The van der Waals surface area contributed by atoms with Gasteiger partial charge in [0, 0.05) is 16.0 Å². The Balaban J connectivity index is 1.78. The summed E-state index contributed by atoms with van der Waals surface area (Å²) in [5.74, 6) is 0.689. The average Bonchev–Trinajstić information content (AvgIpc) is 2.53. The molecule has 0 spiro atoms. The molecule has 0 atom stereocenters. The van der Waals surface area contributed by atoms with E-state index in [0.29, 0.717) is 22.9 Å². The van der Waals surface area contributed by atoms with Crippen molar-refractivity contribution >= 4 is 22.5 Å². The van der Waals surface area contributed by atoms with Gasteiger partial charge in [0.15, 0.2) is 0 Å². The van der Waals surface area contributed by atoms with Crippen molar-refractivity contribution in [1.29, 1.82) is 5.26 Å². The third-order valence-corrected chi connectivity index (χ3v) is 3.49.